The maximum absolute atomic E-state index is 4.76. The van der Waals surface area contributed by atoms with E-state index in [9.17, 15) is 0 Å². The predicted octanol–water partition coefficient (Wildman–Crippen LogP) is 2.08. The number of hydrogen-bond donors (Lipinski definition) is 1. The zero-order valence-corrected chi connectivity index (χ0v) is 10.2. The van der Waals surface area contributed by atoms with Gasteiger partial charge in [0.1, 0.15) is 5.82 Å². The lowest BCUT2D eigenvalue weighted by Crippen LogP contribution is -2.25. The first-order valence-corrected chi connectivity index (χ1v) is 7.15. The summed E-state index contributed by atoms with van der Waals surface area (Å²) in [4.78, 5) is 9.31. The van der Waals surface area contributed by atoms with Gasteiger partial charge in [0.2, 0.25) is 0 Å². The van der Waals surface area contributed by atoms with Crippen molar-refractivity contribution in [1.82, 2.24) is 15.3 Å². The van der Waals surface area contributed by atoms with Crippen molar-refractivity contribution in [3.8, 4) is 0 Å². The summed E-state index contributed by atoms with van der Waals surface area (Å²) >= 11 is 2.03. The van der Waals surface area contributed by atoms with E-state index in [1.807, 2.05) is 18.0 Å². The lowest BCUT2D eigenvalue weighted by Gasteiger charge is -2.22. The molecule has 0 aliphatic carbocycles. The number of fused-ring (bicyclic) bond motifs is 1. The highest BCUT2D eigenvalue weighted by Gasteiger charge is 2.20. The summed E-state index contributed by atoms with van der Waals surface area (Å²) in [7, 11) is 0. The Hall–Kier alpha value is -0.610. The molecule has 1 saturated heterocycles. The number of hydrogen-bond acceptors (Lipinski definition) is 4. The van der Waals surface area contributed by atoms with Gasteiger partial charge in [-0.2, -0.15) is 11.8 Å². The van der Waals surface area contributed by atoms with Crippen LogP contribution >= 0.6 is 11.8 Å². The van der Waals surface area contributed by atoms with Gasteiger partial charge in [0.05, 0.1) is 5.25 Å². The van der Waals surface area contributed by atoms with Gasteiger partial charge in [-0.25, -0.2) is 9.97 Å². The summed E-state index contributed by atoms with van der Waals surface area (Å²) in [6.45, 7) is 1.99. The van der Waals surface area contributed by atoms with Crippen LogP contribution in [-0.2, 0) is 13.0 Å². The van der Waals surface area contributed by atoms with Crippen LogP contribution < -0.4 is 5.32 Å². The number of thioether (sulfide) groups is 1. The number of nitrogens with zero attached hydrogens (tertiary/aromatic N) is 2. The Kier molecular flexibility index (Phi) is 3.11. The molecule has 0 aromatic carbocycles. The normalized spacial score (nSPS) is 25.1. The van der Waals surface area contributed by atoms with Crippen LogP contribution in [0, 0.1) is 0 Å². The Morgan fingerprint density at radius 1 is 1.38 bits per heavy atom. The van der Waals surface area contributed by atoms with Gasteiger partial charge < -0.3 is 5.32 Å². The van der Waals surface area contributed by atoms with E-state index < -0.39 is 0 Å². The third-order valence-corrected chi connectivity index (χ3v) is 4.67. The minimum Gasteiger partial charge on any atom is -0.312 e. The Morgan fingerprint density at radius 2 is 2.38 bits per heavy atom. The molecule has 0 amide bonds. The number of aromatic nitrogens is 2. The Bertz CT molecular complexity index is 375. The van der Waals surface area contributed by atoms with Crippen LogP contribution in [0.25, 0.3) is 0 Å². The summed E-state index contributed by atoms with van der Waals surface area (Å²) in [5.74, 6) is 2.34. The molecule has 1 unspecified atom stereocenters. The van der Waals surface area contributed by atoms with Crippen LogP contribution in [0.4, 0.5) is 0 Å². The van der Waals surface area contributed by atoms with Crippen LogP contribution in [0.3, 0.4) is 0 Å². The van der Waals surface area contributed by atoms with Gasteiger partial charge in [0.25, 0.3) is 0 Å². The maximum Gasteiger partial charge on any atom is 0.141 e. The molecular weight excluding hydrogens is 218 g/mol. The Labute approximate surface area is 100 Å². The highest BCUT2D eigenvalue weighted by Crippen LogP contribution is 2.36. The maximum atomic E-state index is 4.76. The zero-order chi connectivity index (χ0) is 10.8. The fourth-order valence-electron chi connectivity index (χ4n) is 2.35. The number of rotatable bonds is 1. The average Bonchev–Trinajstić information content (AvgIpc) is 2.39. The Morgan fingerprint density at radius 3 is 3.25 bits per heavy atom. The van der Waals surface area contributed by atoms with Gasteiger partial charge in [-0.1, -0.05) is 6.42 Å². The van der Waals surface area contributed by atoms with E-state index >= 15 is 0 Å². The molecule has 3 heterocycles. The third kappa shape index (κ3) is 2.09. The highest BCUT2D eigenvalue weighted by atomic mass is 32.2. The van der Waals surface area contributed by atoms with Crippen molar-refractivity contribution in [2.75, 3.05) is 12.3 Å². The quantitative estimate of drug-likeness (QED) is 0.809. The van der Waals surface area contributed by atoms with Gasteiger partial charge in [-0.05, 0) is 18.6 Å². The smallest absolute Gasteiger partial charge is 0.141 e. The van der Waals surface area contributed by atoms with Crippen molar-refractivity contribution in [3.63, 3.8) is 0 Å². The van der Waals surface area contributed by atoms with Gasteiger partial charge in [-0.3, -0.25) is 0 Å². The molecule has 1 N–H and O–H groups in total. The second-order valence-electron chi connectivity index (χ2n) is 4.48. The van der Waals surface area contributed by atoms with Gasteiger partial charge in [-0.15, -0.1) is 0 Å². The standard InChI is InChI=1S/C12H17N3S/c1-2-6-16-11(3-1)12-14-8-9-7-13-5-4-10(9)15-12/h8,11,13H,1-7H2. The van der Waals surface area contributed by atoms with E-state index in [1.54, 1.807) is 0 Å². The van der Waals surface area contributed by atoms with Crippen LogP contribution in [0.1, 0.15) is 41.6 Å². The highest BCUT2D eigenvalue weighted by molar-refractivity contribution is 7.99. The minimum atomic E-state index is 0.550. The molecule has 1 aromatic rings. The molecule has 3 rings (SSSR count). The number of nitrogens with one attached hydrogen (secondary N) is 1. The molecule has 16 heavy (non-hydrogen) atoms. The van der Waals surface area contributed by atoms with Gasteiger partial charge in [0, 0.05) is 37.0 Å². The summed E-state index contributed by atoms with van der Waals surface area (Å²) in [5.41, 5.74) is 2.56. The molecular formula is C12H17N3S. The summed E-state index contributed by atoms with van der Waals surface area (Å²) in [6.07, 6.45) is 7.03. The first-order chi connectivity index (χ1) is 7.93. The molecule has 4 heteroatoms. The molecule has 3 nitrogen and oxygen atoms in total. The largest absolute Gasteiger partial charge is 0.312 e. The summed E-state index contributed by atoms with van der Waals surface area (Å²) in [6, 6.07) is 0. The molecule has 1 atom stereocenters. The average molecular weight is 235 g/mol. The SMILES string of the molecule is c1nc(C2CCCCS2)nc2c1CNCC2. The molecule has 86 valence electrons. The van der Waals surface area contributed by atoms with Crippen LogP contribution in [0.15, 0.2) is 6.20 Å². The monoisotopic (exact) mass is 235 g/mol. The topological polar surface area (TPSA) is 37.8 Å². The molecule has 0 bridgehead atoms. The molecule has 1 aromatic heterocycles. The lowest BCUT2D eigenvalue weighted by atomic mass is 10.1. The Balaban J connectivity index is 1.84. The van der Waals surface area contributed by atoms with E-state index in [-0.39, 0.29) is 0 Å². The summed E-state index contributed by atoms with van der Waals surface area (Å²) < 4.78 is 0. The van der Waals surface area contributed by atoms with Gasteiger partial charge in [0.15, 0.2) is 0 Å². The lowest BCUT2D eigenvalue weighted by molar-refractivity contribution is 0.607. The molecule has 0 spiro atoms. The second kappa shape index (κ2) is 4.72. The fourth-order valence-corrected chi connectivity index (χ4v) is 3.60. The minimum absolute atomic E-state index is 0.550. The van der Waals surface area contributed by atoms with Crippen LogP contribution in [-0.4, -0.2) is 22.3 Å². The third-order valence-electron chi connectivity index (χ3n) is 3.29. The van der Waals surface area contributed by atoms with Crippen molar-refractivity contribution >= 4 is 11.8 Å². The van der Waals surface area contributed by atoms with E-state index in [0.717, 1.165) is 25.3 Å². The van der Waals surface area contributed by atoms with E-state index in [2.05, 4.69) is 10.3 Å². The molecule has 2 aliphatic heterocycles. The summed E-state index contributed by atoms with van der Waals surface area (Å²) in [5, 5.41) is 3.90. The molecule has 1 fully saturated rings. The molecule has 2 aliphatic rings. The van der Waals surface area contributed by atoms with Gasteiger partial charge >= 0.3 is 0 Å². The van der Waals surface area contributed by atoms with Crippen molar-refractivity contribution in [3.05, 3.63) is 23.3 Å². The van der Waals surface area contributed by atoms with E-state index in [1.165, 1.54) is 36.3 Å². The molecule has 0 radical (unpaired) electrons. The van der Waals surface area contributed by atoms with Crippen molar-refractivity contribution in [2.45, 2.75) is 37.5 Å². The van der Waals surface area contributed by atoms with Crippen molar-refractivity contribution < 1.29 is 0 Å². The van der Waals surface area contributed by atoms with Crippen molar-refractivity contribution in [1.29, 1.82) is 0 Å². The van der Waals surface area contributed by atoms with Crippen LogP contribution in [0.5, 0.6) is 0 Å². The first-order valence-electron chi connectivity index (χ1n) is 6.10. The van der Waals surface area contributed by atoms with E-state index in [0.29, 0.717) is 5.25 Å². The van der Waals surface area contributed by atoms with Crippen LogP contribution in [0.2, 0.25) is 0 Å². The second-order valence-corrected chi connectivity index (χ2v) is 5.79. The first kappa shape index (κ1) is 10.5. The molecule has 0 saturated carbocycles. The fraction of sp³-hybridized carbons (Fsp3) is 0.667. The van der Waals surface area contributed by atoms with Crippen molar-refractivity contribution in [2.24, 2.45) is 0 Å². The zero-order valence-electron chi connectivity index (χ0n) is 9.41. The predicted molar refractivity (Wildman–Crippen MR) is 66.5 cm³/mol. The van der Waals surface area contributed by atoms with E-state index in [4.69, 9.17) is 4.98 Å².